The molecule has 1 aromatic heterocycles. The van der Waals surface area contributed by atoms with Gasteiger partial charge in [0.25, 0.3) is 0 Å². The van der Waals surface area contributed by atoms with Crippen molar-refractivity contribution in [2.45, 2.75) is 46.7 Å². The Kier molecular flexibility index (Phi) is 8.25. The SMILES string of the molecule is CCNC(=NCC(C)Cn1nc(C)cc1C)NC1CCN(c2cc(OC)cc(OC)c2)C1. The number of aryl methyl sites for hydroxylation is 2. The van der Waals surface area contributed by atoms with Gasteiger partial charge < -0.3 is 25.0 Å². The third kappa shape index (κ3) is 6.31. The van der Waals surface area contributed by atoms with E-state index in [1.807, 2.05) is 13.0 Å². The number of nitrogens with one attached hydrogen (secondary N) is 2. The van der Waals surface area contributed by atoms with Gasteiger partial charge in [0.2, 0.25) is 0 Å². The molecule has 1 aliphatic rings. The predicted molar refractivity (Wildman–Crippen MR) is 130 cm³/mol. The summed E-state index contributed by atoms with van der Waals surface area (Å²) in [5, 5.41) is 11.6. The van der Waals surface area contributed by atoms with E-state index >= 15 is 0 Å². The van der Waals surface area contributed by atoms with Gasteiger partial charge in [-0.3, -0.25) is 9.67 Å². The maximum Gasteiger partial charge on any atom is 0.191 e. The van der Waals surface area contributed by atoms with Crippen LogP contribution in [0.2, 0.25) is 0 Å². The molecule has 2 unspecified atom stereocenters. The van der Waals surface area contributed by atoms with Crippen molar-refractivity contribution in [2.24, 2.45) is 10.9 Å². The molecule has 0 saturated carbocycles. The Balaban J connectivity index is 1.58. The molecule has 2 heterocycles. The molecule has 1 aromatic carbocycles. The second-order valence-electron chi connectivity index (χ2n) is 8.58. The first kappa shape index (κ1) is 23.8. The zero-order valence-electron chi connectivity index (χ0n) is 20.3. The minimum Gasteiger partial charge on any atom is -0.497 e. The highest BCUT2D eigenvalue weighted by Gasteiger charge is 2.24. The summed E-state index contributed by atoms with van der Waals surface area (Å²) in [7, 11) is 3.36. The van der Waals surface area contributed by atoms with Crippen LogP contribution in [0.1, 0.15) is 31.7 Å². The number of ether oxygens (including phenoxy) is 2. The first-order chi connectivity index (χ1) is 15.4. The first-order valence-corrected chi connectivity index (χ1v) is 11.5. The Bertz CT molecular complexity index is 888. The molecule has 1 fully saturated rings. The lowest BCUT2D eigenvalue weighted by Crippen LogP contribution is -2.44. The van der Waals surface area contributed by atoms with Crippen molar-refractivity contribution in [1.29, 1.82) is 0 Å². The molecule has 0 spiro atoms. The summed E-state index contributed by atoms with van der Waals surface area (Å²) < 4.78 is 12.9. The minimum absolute atomic E-state index is 0.330. The lowest BCUT2D eigenvalue weighted by atomic mass is 10.2. The van der Waals surface area contributed by atoms with Gasteiger partial charge in [-0.25, -0.2) is 0 Å². The van der Waals surface area contributed by atoms with Crippen molar-refractivity contribution in [2.75, 3.05) is 45.3 Å². The summed E-state index contributed by atoms with van der Waals surface area (Å²) in [5.41, 5.74) is 3.38. The second kappa shape index (κ2) is 11.1. The van der Waals surface area contributed by atoms with Gasteiger partial charge in [-0.15, -0.1) is 0 Å². The van der Waals surface area contributed by atoms with Crippen LogP contribution in [0.25, 0.3) is 0 Å². The fraction of sp³-hybridized carbons (Fsp3) is 0.583. The van der Waals surface area contributed by atoms with Gasteiger partial charge in [-0.1, -0.05) is 6.92 Å². The number of benzene rings is 1. The van der Waals surface area contributed by atoms with Crippen molar-refractivity contribution >= 4 is 11.6 Å². The van der Waals surface area contributed by atoms with E-state index in [0.29, 0.717) is 12.0 Å². The van der Waals surface area contributed by atoms with E-state index in [0.717, 1.165) is 68.0 Å². The molecule has 32 heavy (non-hydrogen) atoms. The zero-order chi connectivity index (χ0) is 23.1. The van der Waals surface area contributed by atoms with Crippen molar-refractivity contribution in [3.63, 3.8) is 0 Å². The maximum atomic E-state index is 5.43. The third-order valence-electron chi connectivity index (χ3n) is 5.72. The first-order valence-electron chi connectivity index (χ1n) is 11.5. The maximum absolute atomic E-state index is 5.43. The normalized spacial score (nSPS) is 17.4. The Morgan fingerprint density at radius 1 is 1.19 bits per heavy atom. The molecule has 176 valence electrons. The number of guanidine groups is 1. The van der Waals surface area contributed by atoms with E-state index in [1.165, 1.54) is 5.69 Å². The van der Waals surface area contributed by atoms with E-state index in [-0.39, 0.29) is 0 Å². The van der Waals surface area contributed by atoms with E-state index in [4.69, 9.17) is 14.5 Å². The van der Waals surface area contributed by atoms with Gasteiger partial charge in [-0.05, 0) is 39.2 Å². The molecule has 8 nitrogen and oxygen atoms in total. The molecule has 2 aromatic rings. The highest BCUT2D eigenvalue weighted by molar-refractivity contribution is 5.80. The number of rotatable bonds is 9. The van der Waals surface area contributed by atoms with E-state index in [9.17, 15) is 0 Å². The van der Waals surface area contributed by atoms with Gasteiger partial charge in [-0.2, -0.15) is 5.10 Å². The van der Waals surface area contributed by atoms with Gasteiger partial charge in [0.05, 0.1) is 19.9 Å². The third-order valence-corrected chi connectivity index (χ3v) is 5.72. The summed E-state index contributed by atoms with van der Waals surface area (Å²) in [6.07, 6.45) is 1.05. The number of hydrogen-bond donors (Lipinski definition) is 2. The Hall–Kier alpha value is -2.90. The zero-order valence-corrected chi connectivity index (χ0v) is 20.3. The van der Waals surface area contributed by atoms with Crippen LogP contribution in [0.15, 0.2) is 29.3 Å². The Morgan fingerprint density at radius 3 is 2.50 bits per heavy atom. The summed E-state index contributed by atoms with van der Waals surface area (Å²) >= 11 is 0. The smallest absolute Gasteiger partial charge is 0.191 e. The van der Waals surface area contributed by atoms with Gasteiger partial charge in [0.15, 0.2) is 5.96 Å². The van der Waals surface area contributed by atoms with Crippen LogP contribution in [0.4, 0.5) is 5.69 Å². The van der Waals surface area contributed by atoms with Crippen LogP contribution < -0.4 is 25.0 Å². The number of hydrogen-bond acceptors (Lipinski definition) is 5. The molecule has 3 rings (SSSR count). The number of anilines is 1. The lowest BCUT2D eigenvalue weighted by molar-refractivity contribution is 0.394. The van der Waals surface area contributed by atoms with Gasteiger partial charge in [0, 0.05) is 68.3 Å². The van der Waals surface area contributed by atoms with Crippen LogP contribution in [0, 0.1) is 19.8 Å². The molecule has 8 heteroatoms. The minimum atomic E-state index is 0.330. The number of aliphatic imine (C=N–C) groups is 1. The van der Waals surface area contributed by atoms with E-state index < -0.39 is 0 Å². The van der Waals surface area contributed by atoms with Crippen LogP contribution >= 0.6 is 0 Å². The summed E-state index contributed by atoms with van der Waals surface area (Å²) in [6, 6.07) is 8.47. The second-order valence-corrected chi connectivity index (χ2v) is 8.58. The number of methoxy groups -OCH3 is 2. The Morgan fingerprint density at radius 2 is 1.91 bits per heavy atom. The quantitative estimate of drug-likeness (QED) is 0.459. The standard InChI is InChI=1S/C24H38N6O2/c1-7-25-24(26-14-17(2)15-30-19(4)10-18(3)28-30)27-20-8-9-29(16-20)21-11-22(31-5)13-23(12-21)32-6/h10-13,17,20H,7-9,14-16H2,1-6H3,(H2,25,26,27). The van der Waals surface area contributed by atoms with Crippen LogP contribution in [0.5, 0.6) is 11.5 Å². The molecule has 0 amide bonds. The highest BCUT2D eigenvalue weighted by atomic mass is 16.5. The largest absolute Gasteiger partial charge is 0.497 e. The summed E-state index contributed by atoms with van der Waals surface area (Å²) in [4.78, 5) is 7.22. The van der Waals surface area contributed by atoms with Crippen molar-refractivity contribution in [3.8, 4) is 11.5 Å². The van der Waals surface area contributed by atoms with Crippen LogP contribution in [0.3, 0.4) is 0 Å². The topological polar surface area (TPSA) is 75.9 Å². The van der Waals surface area contributed by atoms with Crippen molar-refractivity contribution in [1.82, 2.24) is 20.4 Å². The average molecular weight is 443 g/mol. The van der Waals surface area contributed by atoms with Crippen LogP contribution in [-0.2, 0) is 6.54 Å². The highest BCUT2D eigenvalue weighted by Crippen LogP contribution is 2.30. The lowest BCUT2D eigenvalue weighted by Gasteiger charge is -2.22. The molecule has 0 bridgehead atoms. The fourth-order valence-electron chi connectivity index (χ4n) is 4.06. The van der Waals surface area contributed by atoms with E-state index in [1.54, 1.807) is 14.2 Å². The number of nitrogens with zero attached hydrogens (tertiary/aromatic N) is 4. The molecule has 2 atom stereocenters. The van der Waals surface area contributed by atoms with Gasteiger partial charge >= 0.3 is 0 Å². The van der Waals surface area contributed by atoms with Gasteiger partial charge in [0.1, 0.15) is 11.5 Å². The van der Waals surface area contributed by atoms with Crippen molar-refractivity contribution < 1.29 is 9.47 Å². The average Bonchev–Trinajstić information content (AvgIpc) is 3.37. The Labute approximate surface area is 192 Å². The molecule has 0 radical (unpaired) electrons. The molecular formula is C24H38N6O2. The molecule has 2 N–H and O–H groups in total. The molecule has 0 aliphatic carbocycles. The monoisotopic (exact) mass is 442 g/mol. The molecule has 1 saturated heterocycles. The van der Waals surface area contributed by atoms with Crippen molar-refractivity contribution in [3.05, 3.63) is 35.7 Å². The fourth-order valence-corrected chi connectivity index (χ4v) is 4.06. The van der Waals surface area contributed by atoms with Crippen LogP contribution in [-0.4, -0.2) is 62.2 Å². The number of aromatic nitrogens is 2. The molecular weight excluding hydrogens is 404 g/mol. The predicted octanol–water partition coefficient (Wildman–Crippen LogP) is 2.99. The summed E-state index contributed by atoms with van der Waals surface area (Å²) in [6.45, 7) is 12.8. The van der Waals surface area contributed by atoms with E-state index in [2.05, 4.69) is 64.3 Å². The summed E-state index contributed by atoms with van der Waals surface area (Å²) in [5.74, 6) is 2.89. The molecule has 1 aliphatic heterocycles.